The predicted molar refractivity (Wildman–Crippen MR) is 67.3 cm³/mol. The zero-order chi connectivity index (χ0) is 13.7. The highest BCUT2D eigenvalue weighted by Gasteiger charge is 2.20. The standard InChI is InChI=1S/C13H16F2N2O2/c14-13(15)19-11-5-1-4-10(7-11)17-12(18)9-3-2-6-16-8-9/h1,4-5,7,9,13,16H,2-3,6,8H2,(H,17,18)/t9-/m0/s1. The SMILES string of the molecule is O=C(Nc1cccc(OC(F)F)c1)[C@H]1CCCNC1. The van der Waals surface area contributed by atoms with E-state index in [0.29, 0.717) is 12.2 Å². The summed E-state index contributed by atoms with van der Waals surface area (Å²) in [4.78, 5) is 12.0. The van der Waals surface area contributed by atoms with Crippen molar-refractivity contribution in [1.29, 1.82) is 0 Å². The number of alkyl halides is 2. The summed E-state index contributed by atoms with van der Waals surface area (Å²) < 4.78 is 28.5. The predicted octanol–water partition coefficient (Wildman–Crippen LogP) is 2.23. The van der Waals surface area contributed by atoms with E-state index in [4.69, 9.17) is 0 Å². The Morgan fingerprint density at radius 2 is 2.32 bits per heavy atom. The Morgan fingerprint density at radius 3 is 3.00 bits per heavy atom. The van der Waals surface area contributed by atoms with Crippen LogP contribution in [0.3, 0.4) is 0 Å². The van der Waals surface area contributed by atoms with E-state index in [2.05, 4.69) is 15.4 Å². The molecular formula is C13H16F2N2O2. The molecule has 0 aliphatic carbocycles. The largest absolute Gasteiger partial charge is 0.435 e. The van der Waals surface area contributed by atoms with Crippen molar-refractivity contribution in [2.45, 2.75) is 19.5 Å². The van der Waals surface area contributed by atoms with Crippen molar-refractivity contribution in [3.8, 4) is 5.75 Å². The smallest absolute Gasteiger partial charge is 0.387 e. The zero-order valence-electron chi connectivity index (χ0n) is 10.4. The van der Waals surface area contributed by atoms with Crippen LogP contribution < -0.4 is 15.4 Å². The number of anilines is 1. The minimum absolute atomic E-state index is 0.0366. The monoisotopic (exact) mass is 270 g/mol. The van der Waals surface area contributed by atoms with Gasteiger partial charge in [-0.05, 0) is 31.5 Å². The first-order valence-electron chi connectivity index (χ1n) is 6.21. The first-order valence-corrected chi connectivity index (χ1v) is 6.21. The number of ether oxygens (including phenoxy) is 1. The highest BCUT2D eigenvalue weighted by atomic mass is 19.3. The maximum Gasteiger partial charge on any atom is 0.387 e. The fourth-order valence-corrected chi connectivity index (χ4v) is 2.07. The average molecular weight is 270 g/mol. The molecule has 6 heteroatoms. The van der Waals surface area contributed by atoms with Gasteiger partial charge in [-0.1, -0.05) is 6.07 Å². The zero-order valence-corrected chi connectivity index (χ0v) is 10.4. The number of nitrogens with one attached hydrogen (secondary N) is 2. The van der Waals surface area contributed by atoms with Gasteiger partial charge >= 0.3 is 6.61 Å². The molecule has 0 aromatic heterocycles. The van der Waals surface area contributed by atoms with Crippen LogP contribution >= 0.6 is 0 Å². The molecule has 104 valence electrons. The van der Waals surface area contributed by atoms with Crippen molar-refractivity contribution in [3.05, 3.63) is 24.3 Å². The highest BCUT2D eigenvalue weighted by Crippen LogP contribution is 2.20. The number of hydrogen-bond donors (Lipinski definition) is 2. The molecule has 0 unspecified atom stereocenters. The van der Waals surface area contributed by atoms with Crippen LogP contribution in [-0.4, -0.2) is 25.6 Å². The molecule has 2 N–H and O–H groups in total. The van der Waals surface area contributed by atoms with Gasteiger partial charge < -0.3 is 15.4 Å². The molecule has 1 heterocycles. The molecule has 4 nitrogen and oxygen atoms in total. The van der Waals surface area contributed by atoms with Crippen LogP contribution in [0.25, 0.3) is 0 Å². The van der Waals surface area contributed by atoms with Gasteiger partial charge in [-0.3, -0.25) is 4.79 Å². The first kappa shape index (κ1) is 13.7. The van der Waals surface area contributed by atoms with Gasteiger partial charge in [0.05, 0.1) is 5.92 Å². The summed E-state index contributed by atoms with van der Waals surface area (Å²) in [5.41, 5.74) is 0.466. The van der Waals surface area contributed by atoms with Gasteiger partial charge in [0.1, 0.15) is 5.75 Å². The summed E-state index contributed by atoms with van der Waals surface area (Å²) in [7, 11) is 0. The lowest BCUT2D eigenvalue weighted by molar-refractivity contribution is -0.120. The first-order chi connectivity index (χ1) is 9.15. The van der Waals surface area contributed by atoms with Crippen LogP contribution in [0.2, 0.25) is 0 Å². The molecule has 1 aliphatic heterocycles. The number of benzene rings is 1. The summed E-state index contributed by atoms with van der Waals surface area (Å²) in [6.45, 7) is -1.28. The lowest BCUT2D eigenvalue weighted by Gasteiger charge is -2.22. The summed E-state index contributed by atoms with van der Waals surface area (Å²) in [5, 5.41) is 5.88. The Hall–Kier alpha value is -1.69. The van der Waals surface area contributed by atoms with E-state index in [1.54, 1.807) is 12.1 Å². The van der Waals surface area contributed by atoms with E-state index in [1.807, 2.05) is 0 Å². The molecule has 1 aliphatic rings. The van der Waals surface area contributed by atoms with Crippen molar-refractivity contribution in [2.75, 3.05) is 18.4 Å². The summed E-state index contributed by atoms with van der Waals surface area (Å²) in [5.74, 6) is -0.135. The Kier molecular flexibility index (Phi) is 4.68. The van der Waals surface area contributed by atoms with Crippen LogP contribution in [0.5, 0.6) is 5.75 Å². The second-order valence-electron chi connectivity index (χ2n) is 4.44. The van der Waals surface area contributed by atoms with E-state index in [9.17, 15) is 13.6 Å². The molecule has 1 saturated heterocycles. The van der Waals surface area contributed by atoms with Crippen LogP contribution in [0, 0.1) is 5.92 Å². The maximum absolute atomic E-state index is 12.1. The molecule has 1 aromatic rings. The molecule has 0 bridgehead atoms. The summed E-state index contributed by atoms with van der Waals surface area (Å²) in [6, 6.07) is 6.02. The third-order valence-corrected chi connectivity index (χ3v) is 2.99. The number of amides is 1. The number of carbonyl (C=O) groups excluding carboxylic acids is 1. The fraction of sp³-hybridized carbons (Fsp3) is 0.462. The van der Waals surface area contributed by atoms with Gasteiger partial charge in [0.2, 0.25) is 5.91 Å². The highest BCUT2D eigenvalue weighted by molar-refractivity contribution is 5.92. The van der Waals surface area contributed by atoms with Gasteiger partial charge in [0.15, 0.2) is 0 Å². The van der Waals surface area contributed by atoms with Crippen molar-refractivity contribution in [1.82, 2.24) is 5.32 Å². The van der Waals surface area contributed by atoms with Crippen molar-refractivity contribution in [3.63, 3.8) is 0 Å². The van der Waals surface area contributed by atoms with E-state index in [0.717, 1.165) is 19.4 Å². The van der Waals surface area contributed by atoms with Crippen molar-refractivity contribution in [2.24, 2.45) is 5.92 Å². The van der Waals surface area contributed by atoms with Crippen LogP contribution in [-0.2, 0) is 4.79 Å². The quantitative estimate of drug-likeness (QED) is 0.882. The van der Waals surface area contributed by atoms with Crippen molar-refractivity contribution >= 4 is 11.6 Å². The van der Waals surface area contributed by atoms with Crippen LogP contribution in [0.15, 0.2) is 24.3 Å². The lowest BCUT2D eigenvalue weighted by atomic mass is 9.99. The number of rotatable bonds is 4. The number of halogens is 2. The van der Waals surface area contributed by atoms with E-state index >= 15 is 0 Å². The average Bonchev–Trinajstić information content (AvgIpc) is 2.39. The fourth-order valence-electron chi connectivity index (χ4n) is 2.07. The van der Waals surface area contributed by atoms with Crippen LogP contribution in [0.4, 0.5) is 14.5 Å². The summed E-state index contributed by atoms with van der Waals surface area (Å²) in [6.07, 6.45) is 1.80. The topological polar surface area (TPSA) is 50.4 Å². The molecule has 1 fully saturated rings. The molecular weight excluding hydrogens is 254 g/mol. The molecule has 0 radical (unpaired) electrons. The maximum atomic E-state index is 12.1. The molecule has 19 heavy (non-hydrogen) atoms. The molecule has 0 spiro atoms. The Bertz CT molecular complexity index is 434. The molecule has 0 saturated carbocycles. The van der Waals surface area contributed by atoms with E-state index < -0.39 is 6.61 Å². The molecule has 1 amide bonds. The normalized spacial score (nSPS) is 19.2. The molecule has 1 aromatic carbocycles. The number of hydrogen-bond acceptors (Lipinski definition) is 3. The molecule has 1 atom stereocenters. The molecule has 2 rings (SSSR count). The van der Waals surface area contributed by atoms with Gasteiger partial charge in [0.25, 0.3) is 0 Å². The minimum atomic E-state index is -2.87. The Balaban J connectivity index is 1.96. The minimum Gasteiger partial charge on any atom is -0.435 e. The second-order valence-corrected chi connectivity index (χ2v) is 4.44. The third kappa shape index (κ3) is 4.17. The lowest BCUT2D eigenvalue weighted by Crippen LogP contribution is -2.37. The Morgan fingerprint density at radius 1 is 1.47 bits per heavy atom. The van der Waals surface area contributed by atoms with E-state index in [-0.39, 0.29) is 17.6 Å². The Labute approximate surface area is 110 Å². The van der Waals surface area contributed by atoms with E-state index in [1.165, 1.54) is 12.1 Å². The summed E-state index contributed by atoms with van der Waals surface area (Å²) >= 11 is 0. The number of piperidine rings is 1. The van der Waals surface area contributed by atoms with Crippen molar-refractivity contribution < 1.29 is 18.3 Å². The van der Waals surface area contributed by atoms with Gasteiger partial charge in [-0.15, -0.1) is 0 Å². The van der Waals surface area contributed by atoms with Gasteiger partial charge in [-0.25, -0.2) is 0 Å². The van der Waals surface area contributed by atoms with Gasteiger partial charge in [-0.2, -0.15) is 8.78 Å². The third-order valence-electron chi connectivity index (χ3n) is 2.99. The van der Waals surface area contributed by atoms with Gasteiger partial charge in [0, 0.05) is 18.3 Å². The second kappa shape index (κ2) is 6.47. The van der Waals surface area contributed by atoms with Crippen LogP contribution in [0.1, 0.15) is 12.8 Å². The number of carbonyl (C=O) groups is 1.